The lowest BCUT2D eigenvalue weighted by atomic mass is 10.1. The van der Waals surface area contributed by atoms with E-state index in [2.05, 4.69) is 50.7 Å². The van der Waals surface area contributed by atoms with Crippen LogP contribution < -0.4 is 4.90 Å². The summed E-state index contributed by atoms with van der Waals surface area (Å²) in [4.78, 5) is 21.1. The molecule has 3 aromatic rings. The van der Waals surface area contributed by atoms with Crippen molar-refractivity contribution in [3.63, 3.8) is 0 Å². The Balaban J connectivity index is 0.00000240. The Morgan fingerprint density at radius 3 is 2.59 bits per heavy atom. The zero-order valence-corrected chi connectivity index (χ0v) is 17.7. The molecule has 0 atom stereocenters. The first-order chi connectivity index (χ1) is 13.6. The van der Waals surface area contributed by atoms with Crippen LogP contribution in [0.5, 0.6) is 0 Å². The molecule has 0 N–H and O–H groups in total. The Hall–Kier alpha value is -2.57. The van der Waals surface area contributed by atoms with Gasteiger partial charge in [0.1, 0.15) is 6.33 Å². The highest BCUT2D eigenvalue weighted by molar-refractivity contribution is 5.85. The molecule has 154 valence electrons. The number of aromatic nitrogens is 2. The molecule has 0 radical (unpaired) electrons. The summed E-state index contributed by atoms with van der Waals surface area (Å²) in [6, 6.07) is 14.6. The van der Waals surface area contributed by atoms with E-state index in [1.54, 1.807) is 0 Å². The maximum absolute atomic E-state index is 11.7. The lowest BCUT2D eigenvalue weighted by Crippen LogP contribution is -2.44. The largest absolute Gasteiger partial charge is 0.466 e. The fourth-order valence-electron chi connectivity index (χ4n) is 3.66. The molecule has 1 aliphatic heterocycles. The van der Waals surface area contributed by atoms with Gasteiger partial charge in [-0.25, -0.2) is 4.98 Å². The second kappa shape index (κ2) is 9.29. The van der Waals surface area contributed by atoms with Gasteiger partial charge in [-0.15, -0.1) is 12.4 Å². The lowest BCUT2D eigenvalue weighted by Gasteiger charge is -2.34. The molecule has 2 aromatic carbocycles. The Morgan fingerprint density at radius 1 is 1.07 bits per heavy atom. The minimum atomic E-state index is -0.207. The molecule has 1 aromatic heterocycles. The molecule has 4 rings (SSSR count). The number of ether oxygens (including phenoxy) is 1. The van der Waals surface area contributed by atoms with Crippen LogP contribution in [0, 0.1) is 0 Å². The summed E-state index contributed by atoms with van der Waals surface area (Å²) < 4.78 is 7.14. The van der Waals surface area contributed by atoms with Gasteiger partial charge in [-0.1, -0.05) is 12.1 Å². The van der Waals surface area contributed by atoms with Crippen LogP contribution >= 0.6 is 12.4 Å². The van der Waals surface area contributed by atoms with Crippen LogP contribution in [-0.2, 0) is 16.0 Å². The smallest absolute Gasteiger partial charge is 0.310 e. The zero-order chi connectivity index (χ0) is 19.5. The maximum Gasteiger partial charge on any atom is 0.310 e. The second-order valence-electron chi connectivity index (χ2n) is 7.23. The summed E-state index contributed by atoms with van der Waals surface area (Å²) in [5.41, 5.74) is 5.17. The summed E-state index contributed by atoms with van der Waals surface area (Å²) in [6.07, 6.45) is 2.12. The third-order valence-corrected chi connectivity index (χ3v) is 5.24. The monoisotopic (exact) mass is 414 g/mol. The van der Waals surface area contributed by atoms with Crippen molar-refractivity contribution in [2.75, 3.05) is 44.7 Å². The highest BCUT2D eigenvalue weighted by Gasteiger charge is 2.15. The molecule has 0 aliphatic carbocycles. The molecule has 0 amide bonds. The molecular weight excluding hydrogens is 388 g/mol. The van der Waals surface area contributed by atoms with E-state index in [1.807, 2.05) is 31.5 Å². The van der Waals surface area contributed by atoms with Crippen molar-refractivity contribution in [2.45, 2.75) is 13.3 Å². The summed E-state index contributed by atoms with van der Waals surface area (Å²) in [5.74, 6) is -0.207. The molecule has 0 bridgehead atoms. The van der Waals surface area contributed by atoms with Crippen molar-refractivity contribution < 1.29 is 9.53 Å². The summed E-state index contributed by atoms with van der Waals surface area (Å²) in [7, 11) is 2.17. The summed E-state index contributed by atoms with van der Waals surface area (Å²) in [5, 5.41) is 0. The number of imidazole rings is 1. The average Bonchev–Trinajstić information content (AvgIpc) is 3.12. The minimum Gasteiger partial charge on any atom is -0.466 e. The van der Waals surface area contributed by atoms with Crippen LogP contribution in [0.4, 0.5) is 5.69 Å². The van der Waals surface area contributed by atoms with Gasteiger partial charge in [0, 0.05) is 37.6 Å². The van der Waals surface area contributed by atoms with Gasteiger partial charge in [0.15, 0.2) is 0 Å². The van der Waals surface area contributed by atoms with E-state index in [0.29, 0.717) is 6.61 Å². The number of carbonyl (C=O) groups is 1. The van der Waals surface area contributed by atoms with Gasteiger partial charge in [-0.05, 0) is 49.9 Å². The first-order valence-corrected chi connectivity index (χ1v) is 9.79. The highest BCUT2D eigenvalue weighted by atomic mass is 35.5. The van der Waals surface area contributed by atoms with E-state index in [-0.39, 0.29) is 24.8 Å². The van der Waals surface area contributed by atoms with Crippen LogP contribution in [0.3, 0.4) is 0 Å². The minimum absolute atomic E-state index is 0. The zero-order valence-electron chi connectivity index (χ0n) is 16.9. The molecule has 2 heterocycles. The number of hydrogen-bond donors (Lipinski definition) is 0. The van der Waals surface area contributed by atoms with Crippen molar-refractivity contribution in [3.05, 3.63) is 54.4 Å². The van der Waals surface area contributed by atoms with Gasteiger partial charge in [0.05, 0.1) is 24.1 Å². The van der Waals surface area contributed by atoms with Crippen LogP contribution in [-0.4, -0.2) is 60.3 Å². The Kier molecular flexibility index (Phi) is 6.77. The van der Waals surface area contributed by atoms with Gasteiger partial charge in [0.25, 0.3) is 0 Å². The number of likely N-dealkylation sites (N-methyl/N-ethyl adjacent to an activating group) is 1. The third-order valence-electron chi connectivity index (χ3n) is 5.24. The fourth-order valence-corrected chi connectivity index (χ4v) is 3.66. The van der Waals surface area contributed by atoms with Crippen LogP contribution in [0.15, 0.2) is 48.8 Å². The Morgan fingerprint density at radius 2 is 1.83 bits per heavy atom. The van der Waals surface area contributed by atoms with Gasteiger partial charge in [-0.2, -0.15) is 0 Å². The van der Waals surface area contributed by atoms with Crippen molar-refractivity contribution in [1.82, 2.24) is 14.5 Å². The van der Waals surface area contributed by atoms with E-state index in [0.717, 1.165) is 48.5 Å². The van der Waals surface area contributed by atoms with Crippen LogP contribution in [0.1, 0.15) is 12.5 Å². The first kappa shape index (κ1) is 21.1. The molecule has 7 heteroatoms. The average molecular weight is 415 g/mol. The fraction of sp³-hybridized carbons (Fsp3) is 0.364. The van der Waals surface area contributed by atoms with Crippen molar-refractivity contribution in [3.8, 4) is 5.69 Å². The number of carbonyl (C=O) groups excluding carboxylic acids is 1. The molecule has 0 unspecified atom stereocenters. The van der Waals surface area contributed by atoms with E-state index in [4.69, 9.17) is 4.74 Å². The molecule has 29 heavy (non-hydrogen) atoms. The molecule has 0 saturated carbocycles. The van der Waals surface area contributed by atoms with Gasteiger partial charge in [-0.3, -0.25) is 9.36 Å². The van der Waals surface area contributed by atoms with E-state index >= 15 is 0 Å². The first-order valence-electron chi connectivity index (χ1n) is 9.79. The molecular formula is C22H27ClN4O2. The number of esters is 1. The maximum atomic E-state index is 11.7. The SMILES string of the molecule is CCOC(=O)Cc1ccc2c(c1)ncn2-c1cccc(N2CCN(C)CC2)c1.Cl. The Bertz CT molecular complexity index is 980. The quantitative estimate of drug-likeness (QED) is 0.599. The van der Waals surface area contributed by atoms with Crippen molar-refractivity contribution >= 4 is 35.1 Å². The van der Waals surface area contributed by atoms with Crippen molar-refractivity contribution in [1.29, 1.82) is 0 Å². The Labute approximate surface area is 177 Å². The number of piperazine rings is 1. The predicted octanol–water partition coefficient (Wildman–Crippen LogP) is 3.30. The number of rotatable bonds is 5. The third kappa shape index (κ3) is 4.71. The van der Waals surface area contributed by atoms with Gasteiger partial charge < -0.3 is 14.5 Å². The number of fused-ring (bicyclic) bond motifs is 1. The van der Waals surface area contributed by atoms with Crippen LogP contribution in [0.25, 0.3) is 16.7 Å². The normalized spacial score (nSPS) is 14.6. The molecule has 1 saturated heterocycles. The van der Waals surface area contributed by atoms with Gasteiger partial charge in [0.2, 0.25) is 0 Å². The molecule has 0 spiro atoms. The highest BCUT2D eigenvalue weighted by Crippen LogP contribution is 2.24. The molecule has 6 nitrogen and oxygen atoms in total. The predicted molar refractivity (Wildman–Crippen MR) is 118 cm³/mol. The standard InChI is InChI=1S/C22H26N4O2.ClH/c1-3-28-22(27)14-17-7-8-21-20(13-17)23-16-26(21)19-6-4-5-18(15-19)25-11-9-24(2)10-12-25;/h4-8,13,15-16H,3,9-12,14H2,1-2H3;1H. The van der Waals surface area contributed by atoms with E-state index in [1.165, 1.54) is 5.69 Å². The van der Waals surface area contributed by atoms with E-state index < -0.39 is 0 Å². The van der Waals surface area contributed by atoms with Gasteiger partial charge >= 0.3 is 5.97 Å². The molecule has 1 fully saturated rings. The summed E-state index contributed by atoms with van der Waals surface area (Å²) in [6.45, 7) is 6.48. The van der Waals surface area contributed by atoms with Crippen LogP contribution in [0.2, 0.25) is 0 Å². The number of nitrogens with zero attached hydrogens (tertiary/aromatic N) is 4. The second-order valence-corrected chi connectivity index (χ2v) is 7.23. The van der Waals surface area contributed by atoms with E-state index in [9.17, 15) is 4.79 Å². The lowest BCUT2D eigenvalue weighted by molar-refractivity contribution is -0.142. The summed E-state index contributed by atoms with van der Waals surface area (Å²) >= 11 is 0. The number of halogens is 1. The topological polar surface area (TPSA) is 50.6 Å². The number of anilines is 1. The number of benzene rings is 2. The van der Waals surface area contributed by atoms with Crippen molar-refractivity contribution in [2.24, 2.45) is 0 Å². The number of hydrogen-bond acceptors (Lipinski definition) is 5. The molecule has 1 aliphatic rings.